The van der Waals surface area contributed by atoms with Gasteiger partial charge in [-0.25, -0.2) is 0 Å². The largest absolute Gasteiger partial charge is 0.407 e. The van der Waals surface area contributed by atoms with Crippen molar-refractivity contribution in [2.24, 2.45) is 5.92 Å². The average molecular weight is 573 g/mol. The second kappa shape index (κ2) is 14.1. The van der Waals surface area contributed by atoms with Crippen LogP contribution in [0.5, 0.6) is 0 Å². The lowest BCUT2D eigenvalue weighted by Gasteiger charge is -2.43. The molecule has 1 heterocycles. The Kier molecular flexibility index (Phi) is 10.8. The Bertz CT molecular complexity index is 1170. The van der Waals surface area contributed by atoms with Crippen LogP contribution in [0.4, 0.5) is 0 Å². The topological polar surface area (TPSA) is 44.8 Å². The van der Waals surface area contributed by atoms with Crippen LogP contribution in [-0.2, 0) is 25.3 Å². The molecule has 1 aliphatic heterocycles. The molecule has 3 aromatic carbocycles. The molecule has 220 valence electrons. The zero-order chi connectivity index (χ0) is 29.3. The van der Waals surface area contributed by atoms with Gasteiger partial charge in [0, 0.05) is 13.0 Å². The van der Waals surface area contributed by atoms with E-state index < -0.39 is 13.9 Å². The molecule has 1 saturated heterocycles. The zero-order valence-corrected chi connectivity index (χ0v) is 26.6. The van der Waals surface area contributed by atoms with Crippen LogP contribution < -0.4 is 10.4 Å². The highest BCUT2D eigenvalue weighted by Crippen LogP contribution is 2.37. The maximum absolute atomic E-state index is 12.3. The van der Waals surface area contributed by atoms with Crippen LogP contribution in [0.2, 0.25) is 5.04 Å². The van der Waals surface area contributed by atoms with Gasteiger partial charge in [-0.15, -0.1) is 0 Å². The first kappa shape index (κ1) is 31.4. The minimum absolute atomic E-state index is 0.0348. The maximum atomic E-state index is 12.3. The summed E-state index contributed by atoms with van der Waals surface area (Å²) in [6.07, 6.45) is 3.96. The van der Waals surface area contributed by atoms with Crippen LogP contribution in [0, 0.1) is 5.92 Å². The van der Waals surface area contributed by atoms with E-state index in [4.69, 9.17) is 13.9 Å². The summed E-state index contributed by atoms with van der Waals surface area (Å²) >= 11 is 0. The van der Waals surface area contributed by atoms with Crippen molar-refractivity contribution >= 4 is 24.5 Å². The van der Waals surface area contributed by atoms with Gasteiger partial charge in [-0.2, -0.15) is 0 Å². The number of carbonyl (C=O) groups is 1. The maximum Gasteiger partial charge on any atom is 0.261 e. The van der Waals surface area contributed by atoms with Crippen molar-refractivity contribution in [2.75, 3.05) is 13.2 Å². The van der Waals surface area contributed by atoms with E-state index in [2.05, 4.69) is 107 Å². The van der Waals surface area contributed by atoms with Gasteiger partial charge in [-0.05, 0) is 53.1 Å². The molecule has 0 spiro atoms. The Labute approximate surface area is 248 Å². The van der Waals surface area contributed by atoms with Crippen LogP contribution in [0.1, 0.15) is 72.3 Å². The van der Waals surface area contributed by atoms with Crippen LogP contribution in [0.25, 0.3) is 0 Å². The fraction of sp³-hybridized carbons (Fsp3) is 0.472. The summed E-state index contributed by atoms with van der Waals surface area (Å²) in [6, 6.07) is 31.9. The van der Waals surface area contributed by atoms with E-state index in [0.29, 0.717) is 32.0 Å². The highest BCUT2D eigenvalue weighted by Gasteiger charge is 2.50. The number of Topliss-reactive ketones (excluding diaryl/α,β-unsaturated/α-hetero) is 1. The monoisotopic (exact) mass is 572 g/mol. The van der Waals surface area contributed by atoms with E-state index in [1.165, 1.54) is 10.4 Å². The van der Waals surface area contributed by atoms with Crippen molar-refractivity contribution in [1.82, 2.24) is 0 Å². The Morgan fingerprint density at radius 1 is 0.927 bits per heavy atom. The minimum Gasteiger partial charge on any atom is -0.407 e. The number of hydrogen-bond donors (Lipinski definition) is 0. The molecular weight excluding hydrogens is 524 g/mol. The van der Waals surface area contributed by atoms with Gasteiger partial charge in [0.2, 0.25) is 0 Å². The molecule has 4 rings (SSSR count). The molecular formula is C36H48O4Si. The lowest BCUT2D eigenvalue weighted by Crippen LogP contribution is -2.66. The van der Waals surface area contributed by atoms with Gasteiger partial charge in [-0.3, -0.25) is 4.79 Å². The SMILES string of the molecule is CC(CCC[C@@]1(C)OCC(=O)CC[C@@H]1OCc1ccccc1)CO[Si](c1ccccc1)(c1ccccc1)C(C)(C)C. The molecule has 1 aliphatic rings. The molecule has 0 aromatic heterocycles. The van der Waals surface area contributed by atoms with Gasteiger partial charge in [0.15, 0.2) is 5.78 Å². The molecule has 0 bridgehead atoms. The molecule has 5 heteroatoms. The fourth-order valence-corrected chi connectivity index (χ4v) is 10.9. The van der Waals surface area contributed by atoms with Crippen molar-refractivity contribution in [3.63, 3.8) is 0 Å². The summed E-state index contributed by atoms with van der Waals surface area (Å²) in [6.45, 7) is 12.8. The Morgan fingerprint density at radius 2 is 1.49 bits per heavy atom. The third-order valence-corrected chi connectivity index (χ3v) is 13.6. The summed E-state index contributed by atoms with van der Waals surface area (Å²) in [4.78, 5) is 12.3. The lowest BCUT2D eigenvalue weighted by molar-refractivity contribution is -0.146. The first-order chi connectivity index (χ1) is 19.6. The molecule has 0 saturated carbocycles. The number of rotatable bonds is 12. The molecule has 4 nitrogen and oxygen atoms in total. The van der Waals surface area contributed by atoms with Gasteiger partial charge in [-0.1, -0.05) is 125 Å². The molecule has 0 aliphatic carbocycles. The summed E-state index contributed by atoms with van der Waals surface area (Å²) in [5, 5.41) is 2.59. The van der Waals surface area contributed by atoms with Gasteiger partial charge in [0.25, 0.3) is 8.32 Å². The molecule has 1 fully saturated rings. The molecule has 41 heavy (non-hydrogen) atoms. The molecule has 0 amide bonds. The van der Waals surface area contributed by atoms with Crippen LogP contribution in [0.15, 0.2) is 91.0 Å². The predicted octanol–water partition coefficient (Wildman–Crippen LogP) is 7.09. The number of ketones is 1. The summed E-state index contributed by atoms with van der Waals surface area (Å²) in [5.74, 6) is 0.547. The van der Waals surface area contributed by atoms with Gasteiger partial charge >= 0.3 is 0 Å². The first-order valence-corrected chi connectivity index (χ1v) is 17.1. The lowest BCUT2D eigenvalue weighted by atomic mass is 9.88. The van der Waals surface area contributed by atoms with Gasteiger partial charge < -0.3 is 13.9 Å². The molecule has 3 atom stereocenters. The van der Waals surface area contributed by atoms with E-state index in [1.54, 1.807) is 0 Å². The first-order valence-electron chi connectivity index (χ1n) is 15.2. The summed E-state index contributed by atoms with van der Waals surface area (Å²) < 4.78 is 19.8. The van der Waals surface area contributed by atoms with E-state index in [9.17, 15) is 4.79 Å². The normalized spacial score (nSPS) is 20.9. The van der Waals surface area contributed by atoms with E-state index in [0.717, 1.165) is 24.8 Å². The molecule has 1 unspecified atom stereocenters. The number of hydrogen-bond acceptors (Lipinski definition) is 4. The second-order valence-corrected chi connectivity index (χ2v) is 17.2. The van der Waals surface area contributed by atoms with Gasteiger partial charge in [0.05, 0.1) is 18.3 Å². The molecule has 3 aromatic rings. The van der Waals surface area contributed by atoms with E-state index in [-0.39, 0.29) is 23.5 Å². The third kappa shape index (κ3) is 7.84. The minimum atomic E-state index is -2.55. The van der Waals surface area contributed by atoms with Gasteiger partial charge in [0.1, 0.15) is 6.61 Å². The summed E-state index contributed by atoms with van der Waals surface area (Å²) in [7, 11) is -2.55. The van der Waals surface area contributed by atoms with Crippen molar-refractivity contribution in [3.8, 4) is 0 Å². The smallest absolute Gasteiger partial charge is 0.261 e. The number of carbonyl (C=O) groups excluding carboxylic acids is 1. The van der Waals surface area contributed by atoms with E-state index in [1.807, 2.05) is 18.2 Å². The third-order valence-electron chi connectivity index (χ3n) is 8.59. The van der Waals surface area contributed by atoms with E-state index >= 15 is 0 Å². The Balaban J connectivity index is 1.42. The number of ether oxygens (including phenoxy) is 2. The number of benzene rings is 3. The molecule has 0 N–H and O–H groups in total. The van der Waals surface area contributed by atoms with Crippen molar-refractivity contribution < 1.29 is 18.7 Å². The van der Waals surface area contributed by atoms with Crippen LogP contribution in [0.3, 0.4) is 0 Å². The Morgan fingerprint density at radius 3 is 2.05 bits per heavy atom. The van der Waals surface area contributed by atoms with Crippen molar-refractivity contribution in [1.29, 1.82) is 0 Å². The molecule has 0 radical (unpaired) electrons. The van der Waals surface area contributed by atoms with Crippen molar-refractivity contribution in [2.45, 2.75) is 90.1 Å². The fourth-order valence-electron chi connectivity index (χ4n) is 6.19. The van der Waals surface area contributed by atoms with Crippen LogP contribution >= 0.6 is 0 Å². The highest BCUT2D eigenvalue weighted by atomic mass is 28.4. The quantitative estimate of drug-likeness (QED) is 0.217. The Hall–Kier alpha value is -2.57. The summed E-state index contributed by atoms with van der Waals surface area (Å²) in [5.41, 5.74) is 0.652. The van der Waals surface area contributed by atoms with Crippen LogP contribution in [-0.4, -0.2) is 39.0 Å². The highest BCUT2D eigenvalue weighted by molar-refractivity contribution is 6.99. The predicted molar refractivity (Wildman–Crippen MR) is 170 cm³/mol. The standard InChI is InChI=1S/C36H48O4Si/c1-29(26-40-41(35(2,3)4,32-19-11-7-12-20-32)33-21-13-8-14-22-33)16-15-25-36(5)34(24-23-31(37)28-39-36)38-27-30-17-9-6-10-18-30/h6-14,17-22,29,34H,15-16,23-28H2,1-5H3/t29?,34-,36+/m0/s1. The average Bonchev–Trinajstić information content (AvgIpc) is 3.11. The zero-order valence-electron chi connectivity index (χ0n) is 25.6. The second-order valence-electron chi connectivity index (χ2n) is 12.9. The van der Waals surface area contributed by atoms with Crippen molar-refractivity contribution in [3.05, 3.63) is 96.6 Å².